The van der Waals surface area contributed by atoms with E-state index >= 15 is 0 Å². The summed E-state index contributed by atoms with van der Waals surface area (Å²) in [4.78, 5) is 13.5. The maximum absolute atomic E-state index is 13.5. The summed E-state index contributed by atoms with van der Waals surface area (Å²) in [5.74, 6) is 0.854. The van der Waals surface area contributed by atoms with Crippen LogP contribution >= 0.6 is 11.6 Å². The Morgan fingerprint density at radius 2 is 1.83 bits per heavy atom. The Hall–Kier alpha value is -2.04. The number of rotatable bonds is 6. The van der Waals surface area contributed by atoms with E-state index in [-0.39, 0.29) is 12.0 Å². The van der Waals surface area contributed by atoms with Crippen LogP contribution in [0.1, 0.15) is 49.8 Å². The van der Waals surface area contributed by atoms with Crippen LogP contribution in [0.15, 0.2) is 36.4 Å². The number of carbonyl (C=O) groups is 1. The van der Waals surface area contributed by atoms with Gasteiger partial charge >= 0.3 is 0 Å². The van der Waals surface area contributed by atoms with Crippen LogP contribution in [-0.2, 0) is 14.9 Å². The van der Waals surface area contributed by atoms with Crippen molar-refractivity contribution in [1.82, 2.24) is 0 Å². The van der Waals surface area contributed by atoms with Gasteiger partial charge in [0.15, 0.2) is 0 Å². The van der Waals surface area contributed by atoms with Gasteiger partial charge in [0.25, 0.3) is 0 Å². The van der Waals surface area contributed by atoms with Crippen molar-refractivity contribution in [3.63, 3.8) is 0 Å². The number of halogens is 1. The highest BCUT2D eigenvalue weighted by molar-refractivity contribution is 6.31. The number of carbonyl (C=O) groups excluding carboxylic acids is 1. The molecule has 0 aliphatic carbocycles. The molecule has 1 heterocycles. The van der Waals surface area contributed by atoms with E-state index in [1.165, 1.54) is 0 Å². The van der Waals surface area contributed by atoms with E-state index in [1.807, 2.05) is 50.2 Å². The summed E-state index contributed by atoms with van der Waals surface area (Å²) in [5.41, 5.74) is 2.98. The molecule has 2 aromatic rings. The maximum Gasteiger partial charge on any atom is 0.235 e. The molecular weight excluding hydrogens is 386 g/mol. The smallest absolute Gasteiger partial charge is 0.235 e. The highest BCUT2D eigenvalue weighted by atomic mass is 35.5. The molecule has 1 fully saturated rings. The van der Waals surface area contributed by atoms with Crippen LogP contribution < -0.4 is 10.1 Å². The van der Waals surface area contributed by atoms with Gasteiger partial charge in [-0.2, -0.15) is 0 Å². The van der Waals surface area contributed by atoms with Crippen LogP contribution in [0.25, 0.3) is 0 Å². The van der Waals surface area contributed by atoms with Crippen molar-refractivity contribution in [2.75, 3.05) is 18.5 Å². The molecule has 156 valence electrons. The Morgan fingerprint density at radius 3 is 2.41 bits per heavy atom. The van der Waals surface area contributed by atoms with Crippen molar-refractivity contribution in [3.8, 4) is 5.75 Å². The zero-order valence-corrected chi connectivity index (χ0v) is 18.4. The maximum atomic E-state index is 13.5. The molecule has 0 saturated carbocycles. The molecule has 1 amide bonds. The van der Waals surface area contributed by atoms with Crippen molar-refractivity contribution >= 4 is 23.2 Å². The third-order valence-corrected chi connectivity index (χ3v) is 6.11. The summed E-state index contributed by atoms with van der Waals surface area (Å²) in [6.07, 6.45) is 2.31. The number of benzene rings is 2. The van der Waals surface area contributed by atoms with Crippen molar-refractivity contribution < 1.29 is 14.3 Å². The van der Waals surface area contributed by atoms with Gasteiger partial charge in [-0.15, -0.1) is 0 Å². The number of ether oxygens (including phenoxy) is 2. The number of amides is 1. The van der Waals surface area contributed by atoms with Gasteiger partial charge in [-0.05, 0) is 74.9 Å². The van der Waals surface area contributed by atoms with Crippen LogP contribution in [0, 0.1) is 13.8 Å². The predicted molar refractivity (Wildman–Crippen MR) is 118 cm³/mol. The highest BCUT2D eigenvalue weighted by Gasteiger charge is 2.43. The van der Waals surface area contributed by atoms with Gasteiger partial charge in [0, 0.05) is 23.9 Å². The molecular formula is C24H30ClNO3. The fourth-order valence-electron chi connectivity index (χ4n) is 3.93. The Kier molecular flexibility index (Phi) is 6.86. The first-order valence-electron chi connectivity index (χ1n) is 10.3. The normalized spacial score (nSPS) is 16.9. The van der Waals surface area contributed by atoms with E-state index in [1.54, 1.807) is 0 Å². The van der Waals surface area contributed by atoms with Crippen LogP contribution in [0.5, 0.6) is 5.75 Å². The summed E-state index contributed by atoms with van der Waals surface area (Å²) in [6.45, 7) is 9.27. The first kappa shape index (κ1) is 21.7. The molecule has 1 atom stereocenters. The zero-order chi connectivity index (χ0) is 21.0. The highest BCUT2D eigenvalue weighted by Crippen LogP contribution is 2.40. The Morgan fingerprint density at radius 1 is 1.21 bits per heavy atom. The molecule has 1 saturated heterocycles. The Bertz CT molecular complexity index is 851. The summed E-state index contributed by atoms with van der Waals surface area (Å²) < 4.78 is 11.6. The SMILES string of the molecule is CC[C@@H](C)Oc1c(C)cc(NC(=O)C2(c3ccccc3Cl)CCOCC2)cc1C. The lowest BCUT2D eigenvalue weighted by molar-refractivity contribution is -0.125. The summed E-state index contributed by atoms with van der Waals surface area (Å²) in [6, 6.07) is 11.6. The molecule has 1 N–H and O–H groups in total. The standard InChI is InChI=1S/C24H30ClNO3/c1-5-18(4)29-22-16(2)14-19(15-17(22)3)26-23(27)24(10-12-28-13-11-24)20-8-6-7-9-21(20)25/h6-9,14-15,18H,5,10-13H2,1-4H3,(H,26,27)/t18-/m1/s1. The van der Waals surface area contributed by atoms with E-state index in [9.17, 15) is 4.79 Å². The fraction of sp³-hybridized carbons (Fsp3) is 0.458. The number of hydrogen-bond acceptors (Lipinski definition) is 3. The van der Waals surface area contributed by atoms with Gasteiger partial charge in [0.05, 0.1) is 11.5 Å². The average molecular weight is 416 g/mol. The van der Waals surface area contributed by atoms with Gasteiger partial charge < -0.3 is 14.8 Å². The minimum absolute atomic E-state index is 0.0386. The Labute approximate surface area is 178 Å². The lowest BCUT2D eigenvalue weighted by Crippen LogP contribution is -2.45. The molecule has 2 aromatic carbocycles. The molecule has 3 rings (SSSR count). The largest absolute Gasteiger partial charge is 0.490 e. The zero-order valence-electron chi connectivity index (χ0n) is 17.7. The van der Waals surface area contributed by atoms with Gasteiger partial charge in [0.2, 0.25) is 5.91 Å². The minimum Gasteiger partial charge on any atom is -0.490 e. The van der Waals surface area contributed by atoms with Crippen LogP contribution in [0.3, 0.4) is 0 Å². The minimum atomic E-state index is -0.690. The molecule has 29 heavy (non-hydrogen) atoms. The molecule has 1 aliphatic heterocycles. The van der Waals surface area contributed by atoms with Crippen molar-refractivity contribution in [3.05, 3.63) is 58.1 Å². The first-order valence-corrected chi connectivity index (χ1v) is 10.7. The van der Waals surface area contributed by atoms with Crippen molar-refractivity contribution in [2.45, 2.75) is 58.5 Å². The Balaban J connectivity index is 1.90. The lowest BCUT2D eigenvalue weighted by atomic mass is 9.73. The van der Waals surface area contributed by atoms with E-state index < -0.39 is 5.41 Å². The van der Waals surface area contributed by atoms with Crippen molar-refractivity contribution in [2.24, 2.45) is 0 Å². The van der Waals surface area contributed by atoms with Gasteiger partial charge in [-0.25, -0.2) is 0 Å². The number of nitrogens with one attached hydrogen (secondary N) is 1. The summed E-state index contributed by atoms with van der Waals surface area (Å²) in [7, 11) is 0. The third kappa shape index (κ3) is 4.59. The van der Waals surface area contributed by atoms with Gasteiger partial charge in [0.1, 0.15) is 5.75 Å². The quantitative estimate of drug-likeness (QED) is 0.646. The second kappa shape index (κ2) is 9.19. The third-order valence-electron chi connectivity index (χ3n) is 5.78. The predicted octanol–water partition coefficient (Wildman–Crippen LogP) is 5.82. The van der Waals surface area contributed by atoms with Crippen LogP contribution in [0.4, 0.5) is 5.69 Å². The molecule has 0 radical (unpaired) electrons. The molecule has 0 spiro atoms. The molecule has 4 nitrogen and oxygen atoms in total. The van der Waals surface area contributed by atoms with E-state index in [0.29, 0.717) is 31.1 Å². The number of aryl methyl sites for hydroxylation is 2. The average Bonchev–Trinajstić information content (AvgIpc) is 2.71. The topological polar surface area (TPSA) is 47.6 Å². The molecule has 0 aromatic heterocycles. The van der Waals surface area contributed by atoms with E-state index in [2.05, 4.69) is 19.2 Å². The van der Waals surface area contributed by atoms with Crippen molar-refractivity contribution in [1.29, 1.82) is 0 Å². The van der Waals surface area contributed by atoms with Crippen LogP contribution in [-0.4, -0.2) is 25.2 Å². The van der Waals surface area contributed by atoms with Gasteiger partial charge in [-0.3, -0.25) is 4.79 Å². The monoisotopic (exact) mass is 415 g/mol. The van der Waals surface area contributed by atoms with E-state index in [0.717, 1.165) is 34.5 Å². The summed E-state index contributed by atoms with van der Waals surface area (Å²) >= 11 is 6.49. The van der Waals surface area contributed by atoms with E-state index in [4.69, 9.17) is 21.1 Å². The fourth-order valence-corrected chi connectivity index (χ4v) is 4.25. The number of hydrogen-bond donors (Lipinski definition) is 1. The molecule has 1 aliphatic rings. The lowest BCUT2D eigenvalue weighted by Gasteiger charge is -2.36. The van der Waals surface area contributed by atoms with Crippen LogP contribution in [0.2, 0.25) is 5.02 Å². The molecule has 5 heteroatoms. The summed E-state index contributed by atoms with van der Waals surface area (Å²) in [5, 5.41) is 3.77. The second-order valence-electron chi connectivity index (χ2n) is 7.90. The number of anilines is 1. The van der Waals surface area contributed by atoms with Gasteiger partial charge in [-0.1, -0.05) is 36.7 Å². The molecule has 0 unspecified atom stereocenters. The second-order valence-corrected chi connectivity index (χ2v) is 8.31. The molecule has 0 bridgehead atoms. The first-order chi connectivity index (χ1) is 13.9.